The van der Waals surface area contributed by atoms with Gasteiger partial charge in [-0.25, -0.2) is 4.98 Å². The fourth-order valence-corrected chi connectivity index (χ4v) is 3.99. The Bertz CT molecular complexity index is 805. The molecular weight excluding hydrogens is 306 g/mol. The molecule has 3 heterocycles. The van der Waals surface area contributed by atoms with E-state index in [4.69, 9.17) is 4.74 Å². The number of nitrogens with one attached hydrogen (secondary N) is 1. The van der Waals surface area contributed by atoms with Gasteiger partial charge >= 0.3 is 5.97 Å². The number of hydrogen-bond acceptors (Lipinski definition) is 4. The number of amides is 1. The third-order valence-corrected chi connectivity index (χ3v) is 5.18. The van der Waals surface area contributed by atoms with Gasteiger partial charge in [0.05, 0.1) is 24.6 Å². The SMILES string of the molecule is Cc1ccc2nc(CNC(=O)C3CC(=O)OC34CCCC4)cn2c1. The topological polar surface area (TPSA) is 72.7 Å². The van der Waals surface area contributed by atoms with Gasteiger partial charge in [-0.1, -0.05) is 6.07 Å². The van der Waals surface area contributed by atoms with Crippen molar-refractivity contribution in [2.45, 2.75) is 51.2 Å². The molecule has 0 bridgehead atoms. The maximum Gasteiger partial charge on any atom is 0.307 e. The summed E-state index contributed by atoms with van der Waals surface area (Å²) in [5, 5.41) is 2.94. The van der Waals surface area contributed by atoms with Gasteiger partial charge in [-0.05, 0) is 44.2 Å². The minimum Gasteiger partial charge on any atom is -0.458 e. The summed E-state index contributed by atoms with van der Waals surface area (Å²) in [6.45, 7) is 2.39. The number of ether oxygens (including phenoxy) is 1. The van der Waals surface area contributed by atoms with Crippen LogP contribution < -0.4 is 5.32 Å². The first kappa shape index (κ1) is 15.2. The van der Waals surface area contributed by atoms with E-state index in [-0.39, 0.29) is 24.2 Å². The van der Waals surface area contributed by atoms with Crippen LogP contribution in [0, 0.1) is 12.8 Å². The van der Waals surface area contributed by atoms with E-state index in [1.807, 2.05) is 35.9 Å². The average molecular weight is 327 g/mol. The third kappa shape index (κ3) is 2.56. The molecule has 126 valence electrons. The molecule has 6 nitrogen and oxygen atoms in total. The van der Waals surface area contributed by atoms with E-state index in [0.717, 1.165) is 42.6 Å². The molecule has 1 saturated heterocycles. The number of esters is 1. The van der Waals surface area contributed by atoms with E-state index >= 15 is 0 Å². The third-order valence-electron chi connectivity index (χ3n) is 5.18. The average Bonchev–Trinajstić information content (AvgIpc) is 3.24. The van der Waals surface area contributed by atoms with Crippen molar-refractivity contribution in [3.05, 3.63) is 35.8 Å². The van der Waals surface area contributed by atoms with E-state index < -0.39 is 5.60 Å². The van der Waals surface area contributed by atoms with E-state index in [1.165, 1.54) is 0 Å². The maximum absolute atomic E-state index is 12.6. The Morgan fingerprint density at radius 3 is 2.96 bits per heavy atom. The van der Waals surface area contributed by atoms with Gasteiger partial charge in [-0.15, -0.1) is 0 Å². The number of carbonyl (C=O) groups excluding carboxylic acids is 2. The summed E-state index contributed by atoms with van der Waals surface area (Å²) in [5.74, 6) is -0.719. The van der Waals surface area contributed by atoms with Crippen molar-refractivity contribution in [2.75, 3.05) is 0 Å². The molecule has 2 aromatic heterocycles. The summed E-state index contributed by atoms with van der Waals surface area (Å²) < 4.78 is 7.49. The molecule has 0 radical (unpaired) electrons. The van der Waals surface area contributed by atoms with Crippen molar-refractivity contribution in [2.24, 2.45) is 5.92 Å². The van der Waals surface area contributed by atoms with Crippen molar-refractivity contribution in [1.29, 1.82) is 0 Å². The van der Waals surface area contributed by atoms with Crippen LogP contribution in [-0.4, -0.2) is 26.9 Å². The van der Waals surface area contributed by atoms with Crippen LogP contribution in [0.2, 0.25) is 0 Å². The summed E-state index contributed by atoms with van der Waals surface area (Å²) in [5.41, 5.74) is 2.26. The number of fused-ring (bicyclic) bond motifs is 1. The number of hydrogen-bond donors (Lipinski definition) is 1. The van der Waals surface area contributed by atoms with Crippen LogP contribution in [0.15, 0.2) is 24.5 Å². The summed E-state index contributed by atoms with van der Waals surface area (Å²) in [6.07, 6.45) is 7.74. The lowest BCUT2D eigenvalue weighted by Crippen LogP contribution is -2.42. The zero-order valence-electron chi connectivity index (χ0n) is 13.7. The minimum atomic E-state index is -0.558. The number of carbonyl (C=O) groups is 2. The van der Waals surface area contributed by atoms with Gasteiger partial charge < -0.3 is 14.5 Å². The smallest absolute Gasteiger partial charge is 0.307 e. The van der Waals surface area contributed by atoms with Crippen molar-refractivity contribution in [3.8, 4) is 0 Å². The molecule has 1 saturated carbocycles. The van der Waals surface area contributed by atoms with Crippen LogP contribution in [0.25, 0.3) is 5.65 Å². The zero-order valence-corrected chi connectivity index (χ0v) is 13.7. The Morgan fingerprint density at radius 1 is 1.38 bits per heavy atom. The second-order valence-corrected chi connectivity index (χ2v) is 6.92. The molecule has 2 aliphatic rings. The lowest BCUT2D eigenvalue weighted by Gasteiger charge is -2.27. The number of pyridine rings is 1. The molecule has 1 atom stereocenters. The molecule has 1 aliphatic carbocycles. The van der Waals surface area contributed by atoms with E-state index in [2.05, 4.69) is 10.3 Å². The predicted molar refractivity (Wildman–Crippen MR) is 87.2 cm³/mol. The molecule has 2 fully saturated rings. The van der Waals surface area contributed by atoms with Gasteiger partial charge in [0.25, 0.3) is 0 Å². The molecule has 1 unspecified atom stereocenters. The fourth-order valence-electron chi connectivity index (χ4n) is 3.99. The first-order valence-corrected chi connectivity index (χ1v) is 8.50. The molecule has 1 aliphatic heterocycles. The van der Waals surface area contributed by atoms with E-state index in [0.29, 0.717) is 6.54 Å². The number of rotatable bonds is 3. The Hall–Kier alpha value is -2.37. The van der Waals surface area contributed by atoms with E-state index in [1.54, 1.807) is 0 Å². The van der Waals surface area contributed by atoms with Gasteiger partial charge in [-0.3, -0.25) is 9.59 Å². The van der Waals surface area contributed by atoms with Crippen molar-refractivity contribution in [1.82, 2.24) is 14.7 Å². The summed E-state index contributed by atoms with van der Waals surface area (Å²) in [4.78, 5) is 28.8. The molecule has 2 aromatic rings. The highest BCUT2D eigenvalue weighted by molar-refractivity contribution is 5.87. The highest BCUT2D eigenvalue weighted by Crippen LogP contribution is 2.45. The van der Waals surface area contributed by atoms with Crippen molar-refractivity contribution < 1.29 is 14.3 Å². The molecule has 1 amide bonds. The first-order chi connectivity index (χ1) is 11.6. The summed E-state index contributed by atoms with van der Waals surface area (Å²) in [7, 11) is 0. The van der Waals surface area contributed by atoms with Gasteiger partial charge in [-0.2, -0.15) is 0 Å². The highest BCUT2D eigenvalue weighted by atomic mass is 16.6. The molecule has 0 aromatic carbocycles. The minimum absolute atomic E-state index is 0.101. The zero-order chi connectivity index (χ0) is 16.7. The summed E-state index contributed by atoms with van der Waals surface area (Å²) in [6, 6.07) is 3.97. The van der Waals surface area contributed by atoms with Gasteiger partial charge in [0.15, 0.2) is 0 Å². The quantitative estimate of drug-likeness (QED) is 0.877. The van der Waals surface area contributed by atoms with Crippen LogP contribution in [0.4, 0.5) is 0 Å². The molecule has 4 rings (SSSR count). The van der Waals surface area contributed by atoms with Crippen LogP contribution in [0.3, 0.4) is 0 Å². The van der Waals surface area contributed by atoms with E-state index in [9.17, 15) is 9.59 Å². The van der Waals surface area contributed by atoms with Crippen molar-refractivity contribution >= 4 is 17.5 Å². The predicted octanol–water partition coefficient (Wildman–Crippen LogP) is 2.13. The second kappa shape index (κ2) is 5.61. The van der Waals surface area contributed by atoms with Gasteiger partial charge in [0, 0.05) is 12.4 Å². The molecule has 1 N–H and O–H groups in total. The Kier molecular flexibility index (Phi) is 3.55. The van der Waals surface area contributed by atoms with Gasteiger partial charge in [0.2, 0.25) is 5.91 Å². The molecule has 24 heavy (non-hydrogen) atoms. The number of nitrogens with zero attached hydrogens (tertiary/aromatic N) is 2. The Labute approximate surface area is 140 Å². The fraction of sp³-hybridized carbons (Fsp3) is 0.500. The van der Waals surface area contributed by atoms with Crippen LogP contribution in [0.5, 0.6) is 0 Å². The van der Waals surface area contributed by atoms with Crippen LogP contribution in [0.1, 0.15) is 43.4 Å². The second-order valence-electron chi connectivity index (χ2n) is 6.92. The Morgan fingerprint density at radius 2 is 2.17 bits per heavy atom. The first-order valence-electron chi connectivity index (χ1n) is 8.50. The maximum atomic E-state index is 12.6. The normalized spacial score (nSPS) is 22.2. The number of aromatic nitrogens is 2. The summed E-state index contributed by atoms with van der Waals surface area (Å²) >= 11 is 0. The monoisotopic (exact) mass is 327 g/mol. The van der Waals surface area contributed by atoms with Gasteiger partial charge in [0.1, 0.15) is 11.2 Å². The molecular formula is C18H21N3O3. The lowest BCUT2D eigenvalue weighted by molar-refractivity contribution is -0.149. The van der Waals surface area contributed by atoms with Crippen molar-refractivity contribution in [3.63, 3.8) is 0 Å². The lowest BCUT2D eigenvalue weighted by atomic mass is 9.85. The largest absolute Gasteiger partial charge is 0.458 e. The number of imidazole rings is 1. The van der Waals surface area contributed by atoms with Crippen LogP contribution in [-0.2, 0) is 20.9 Å². The molecule has 6 heteroatoms. The Balaban J connectivity index is 1.46. The standard InChI is InChI=1S/C18H21N3O3/c1-12-4-5-15-20-13(11-21(15)10-12)9-19-17(23)14-8-16(22)24-18(14)6-2-3-7-18/h4-5,10-11,14H,2-3,6-9H2,1H3,(H,19,23). The number of aryl methyl sites for hydroxylation is 1. The highest BCUT2D eigenvalue weighted by Gasteiger charge is 2.53. The van der Waals surface area contributed by atoms with Crippen LogP contribution >= 0.6 is 0 Å². The molecule has 1 spiro atoms.